The number of anilines is 2. The van der Waals surface area contributed by atoms with Crippen LogP contribution in [-0.4, -0.2) is 61.6 Å². The molecule has 2 aromatic rings. The molecule has 0 spiro atoms. The Kier molecular flexibility index (Phi) is 8.13. The molecule has 11 nitrogen and oxygen atoms in total. The van der Waals surface area contributed by atoms with Crippen LogP contribution < -0.4 is 19.1 Å². The molecular formula is C24H28F3N3O8S2. The summed E-state index contributed by atoms with van der Waals surface area (Å²) < 4.78 is 84.4. The van der Waals surface area contributed by atoms with E-state index in [1.807, 2.05) is 0 Å². The molecule has 1 aromatic heterocycles. The number of halogens is 3. The van der Waals surface area contributed by atoms with Gasteiger partial charge in [-0.05, 0) is 58.2 Å². The van der Waals surface area contributed by atoms with Gasteiger partial charge in [0.05, 0.1) is 18.8 Å². The molecule has 0 unspecified atom stereocenters. The van der Waals surface area contributed by atoms with Crippen LogP contribution >= 0.6 is 11.3 Å². The minimum Gasteiger partial charge on any atom is -0.486 e. The molecule has 1 amide bonds. The van der Waals surface area contributed by atoms with Crippen LogP contribution in [0.25, 0.3) is 0 Å². The van der Waals surface area contributed by atoms with E-state index in [2.05, 4.69) is 15.0 Å². The Morgan fingerprint density at radius 2 is 1.98 bits per heavy atom. The predicted molar refractivity (Wildman–Crippen MR) is 138 cm³/mol. The number of carbonyl (C=O) groups is 2. The number of nitrogens with one attached hydrogen (secondary N) is 1. The lowest BCUT2D eigenvalue weighted by atomic mass is 10.1. The first kappa shape index (κ1) is 29.7. The summed E-state index contributed by atoms with van der Waals surface area (Å²) in [5, 5.41) is 11.8. The molecule has 220 valence electrons. The Hall–Kier alpha value is -3.27. The van der Waals surface area contributed by atoms with Crippen LogP contribution in [0.1, 0.15) is 57.4 Å². The Morgan fingerprint density at radius 1 is 1.27 bits per heavy atom. The van der Waals surface area contributed by atoms with Gasteiger partial charge in [-0.15, -0.1) is 0 Å². The molecule has 2 N–H and O–H groups in total. The van der Waals surface area contributed by atoms with Crippen molar-refractivity contribution in [2.24, 2.45) is 0 Å². The molecule has 4 rings (SSSR count). The molecule has 0 saturated heterocycles. The normalized spacial score (nSPS) is 17.6. The zero-order valence-electron chi connectivity index (χ0n) is 21.8. The maximum atomic E-state index is 14.0. The van der Waals surface area contributed by atoms with Gasteiger partial charge in [0.25, 0.3) is 10.0 Å². The van der Waals surface area contributed by atoms with Crippen LogP contribution in [0.3, 0.4) is 0 Å². The number of sulfonamides is 1. The van der Waals surface area contributed by atoms with Gasteiger partial charge < -0.3 is 19.3 Å². The summed E-state index contributed by atoms with van der Waals surface area (Å²) in [6.07, 6.45) is -5.57. The van der Waals surface area contributed by atoms with Gasteiger partial charge in [0.2, 0.25) is 15.7 Å². The van der Waals surface area contributed by atoms with E-state index in [1.54, 1.807) is 6.92 Å². The van der Waals surface area contributed by atoms with E-state index >= 15 is 0 Å². The van der Waals surface area contributed by atoms with Gasteiger partial charge in [0.1, 0.15) is 16.9 Å². The highest BCUT2D eigenvalue weighted by Gasteiger charge is 2.51. The number of ether oxygens (including phenoxy) is 3. The van der Waals surface area contributed by atoms with Crippen molar-refractivity contribution in [1.82, 2.24) is 4.98 Å². The SMILES string of the molecule is CCOc1sc(C2CC2)nc1S(=O)(=O)N1C[C@H](CCC(=O)O)Oc2ccc(NC(=O)OC(C)(C)C(F)(F)F)cc21. The number of aliphatic carboxylic acids is 1. The van der Waals surface area contributed by atoms with E-state index in [9.17, 15) is 31.2 Å². The van der Waals surface area contributed by atoms with E-state index in [-0.39, 0.29) is 59.1 Å². The van der Waals surface area contributed by atoms with Crippen molar-refractivity contribution < 1.29 is 50.5 Å². The number of alkyl halides is 3. The molecule has 1 fully saturated rings. The van der Waals surface area contributed by atoms with Crippen molar-refractivity contribution in [2.45, 2.75) is 75.3 Å². The molecule has 0 bridgehead atoms. The maximum Gasteiger partial charge on any atom is 0.427 e. The van der Waals surface area contributed by atoms with Gasteiger partial charge in [-0.1, -0.05) is 11.3 Å². The summed E-state index contributed by atoms with van der Waals surface area (Å²) in [5.74, 6) is -0.873. The van der Waals surface area contributed by atoms with Crippen molar-refractivity contribution in [3.63, 3.8) is 0 Å². The predicted octanol–water partition coefficient (Wildman–Crippen LogP) is 5.13. The smallest absolute Gasteiger partial charge is 0.427 e. The van der Waals surface area contributed by atoms with Crippen LogP contribution in [0.5, 0.6) is 10.8 Å². The average Bonchev–Trinajstić information content (AvgIpc) is 3.61. The molecule has 1 aromatic carbocycles. The Bertz CT molecular complexity index is 1390. The van der Waals surface area contributed by atoms with Crippen molar-refractivity contribution in [2.75, 3.05) is 22.8 Å². The molecule has 1 aliphatic carbocycles. The van der Waals surface area contributed by atoms with Gasteiger partial charge >= 0.3 is 18.2 Å². The minimum atomic E-state index is -4.82. The van der Waals surface area contributed by atoms with Gasteiger partial charge in [-0.3, -0.25) is 14.4 Å². The topological polar surface area (TPSA) is 144 Å². The van der Waals surface area contributed by atoms with Gasteiger partial charge in [-0.2, -0.15) is 21.6 Å². The molecular weight excluding hydrogens is 579 g/mol. The van der Waals surface area contributed by atoms with E-state index in [1.165, 1.54) is 18.2 Å². The van der Waals surface area contributed by atoms with Gasteiger partial charge in [-0.25, -0.2) is 9.78 Å². The first-order chi connectivity index (χ1) is 18.6. The molecule has 1 atom stereocenters. The second-order valence-electron chi connectivity index (χ2n) is 9.77. The largest absolute Gasteiger partial charge is 0.486 e. The van der Waals surface area contributed by atoms with Crippen LogP contribution in [0.4, 0.5) is 29.3 Å². The summed E-state index contributed by atoms with van der Waals surface area (Å²) >= 11 is 1.15. The number of hydrogen-bond acceptors (Lipinski definition) is 9. The maximum absolute atomic E-state index is 14.0. The number of nitrogens with zero attached hydrogens (tertiary/aromatic N) is 2. The third-order valence-corrected chi connectivity index (χ3v) is 9.12. The molecule has 1 aliphatic heterocycles. The summed E-state index contributed by atoms with van der Waals surface area (Å²) in [5.41, 5.74) is -2.86. The highest BCUT2D eigenvalue weighted by atomic mass is 32.2. The fourth-order valence-corrected chi connectivity index (χ4v) is 6.78. The first-order valence-corrected chi connectivity index (χ1v) is 14.6. The minimum absolute atomic E-state index is 0.00233. The molecule has 40 heavy (non-hydrogen) atoms. The molecule has 0 radical (unpaired) electrons. The lowest BCUT2D eigenvalue weighted by Crippen LogP contribution is -2.44. The fourth-order valence-electron chi connectivity index (χ4n) is 3.79. The van der Waals surface area contributed by atoms with E-state index < -0.39 is 40.0 Å². The lowest BCUT2D eigenvalue weighted by molar-refractivity contribution is -0.242. The summed E-state index contributed by atoms with van der Waals surface area (Å²) in [6, 6.07) is 3.84. The molecule has 2 aliphatic rings. The number of fused-ring (bicyclic) bond motifs is 1. The van der Waals surface area contributed by atoms with Crippen LogP contribution in [0, 0.1) is 0 Å². The average molecular weight is 608 g/mol. The Labute approximate surface area is 232 Å². The second-order valence-corrected chi connectivity index (χ2v) is 12.5. The van der Waals surface area contributed by atoms with E-state index in [0.29, 0.717) is 18.9 Å². The van der Waals surface area contributed by atoms with Crippen molar-refractivity contribution in [1.29, 1.82) is 0 Å². The fraction of sp³-hybridized carbons (Fsp3) is 0.542. The summed E-state index contributed by atoms with van der Waals surface area (Å²) in [6.45, 7) is 3.01. The van der Waals surface area contributed by atoms with Gasteiger partial charge in [0.15, 0.2) is 0 Å². The third kappa shape index (κ3) is 6.37. The van der Waals surface area contributed by atoms with Crippen LogP contribution in [-0.2, 0) is 19.6 Å². The Morgan fingerprint density at radius 3 is 2.58 bits per heavy atom. The molecule has 2 heterocycles. The first-order valence-electron chi connectivity index (χ1n) is 12.4. The van der Waals surface area contributed by atoms with Crippen LogP contribution in [0.15, 0.2) is 23.2 Å². The van der Waals surface area contributed by atoms with Crippen molar-refractivity contribution in [3.05, 3.63) is 23.2 Å². The zero-order valence-corrected chi connectivity index (χ0v) is 23.4. The number of benzene rings is 1. The van der Waals surface area contributed by atoms with Gasteiger partial charge in [0, 0.05) is 18.0 Å². The highest BCUT2D eigenvalue weighted by Crippen LogP contribution is 2.47. The standard InChI is InChI=1S/C24H28F3N3O8S2/c1-4-36-21-20(29-19(39-21)13-5-6-13)40(34,35)30-12-15(8-10-18(31)32)37-17-9-7-14(11-16(17)30)28-22(33)38-23(2,3)24(25,26)27/h7,9,11,13,15H,4-6,8,10,12H2,1-3H3,(H,28,33)(H,31,32)/t15-/m0/s1. The lowest BCUT2D eigenvalue weighted by Gasteiger charge is -2.35. The monoisotopic (exact) mass is 607 g/mol. The summed E-state index contributed by atoms with van der Waals surface area (Å²) in [4.78, 5) is 27.8. The van der Waals surface area contributed by atoms with Crippen molar-refractivity contribution in [3.8, 4) is 10.8 Å². The summed E-state index contributed by atoms with van der Waals surface area (Å²) in [7, 11) is -4.39. The highest BCUT2D eigenvalue weighted by molar-refractivity contribution is 7.93. The number of thiazole rings is 1. The van der Waals surface area contributed by atoms with E-state index in [4.69, 9.17) is 14.6 Å². The number of carboxylic acids is 1. The quantitative estimate of drug-likeness (QED) is 0.376. The van der Waals surface area contributed by atoms with E-state index in [0.717, 1.165) is 28.5 Å². The number of carbonyl (C=O) groups excluding carboxylic acids is 1. The van der Waals surface area contributed by atoms with Crippen molar-refractivity contribution >= 4 is 44.8 Å². The number of aromatic nitrogens is 1. The zero-order chi connectivity index (χ0) is 29.5. The molecule has 16 heteroatoms. The number of amides is 1. The molecule has 1 saturated carbocycles. The second kappa shape index (κ2) is 11.0. The number of hydrogen-bond donors (Lipinski definition) is 2. The van der Waals surface area contributed by atoms with Crippen LogP contribution in [0.2, 0.25) is 0 Å². The third-order valence-electron chi connectivity index (χ3n) is 6.17. The number of carboxylic acid groups (broad SMARTS) is 1. The Balaban J connectivity index is 1.69. The number of rotatable bonds is 10.